The van der Waals surface area contributed by atoms with Gasteiger partial charge in [0.25, 0.3) is 5.91 Å². The predicted molar refractivity (Wildman–Crippen MR) is 96.3 cm³/mol. The Kier molecular flexibility index (Phi) is 5.38. The molecule has 0 saturated heterocycles. The normalized spacial score (nSPS) is 11.4. The van der Waals surface area contributed by atoms with Crippen molar-refractivity contribution in [1.29, 1.82) is 0 Å². The van der Waals surface area contributed by atoms with Crippen LogP contribution in [0.3, 0.4) is 0 Å². The van der Waals surface area contributed by atoms with Gasteiger partial charge in [0.1, 0.15) is 0 Å². The van der Waals surface area contributed by atoms with Crippen molar-refractivity contribution in [2.75, 3.05) is 5.32 Å². The summed E-state index contributed by atoms with van der Waals surface area (Å²) in [6, 6.07) is 6.78. The topological polar surface area (TPSA) is 54.9 Å². The van der Waals surface area contributed by atoms with Gasteiger partial charge in [-0.3, -0.25) is 15.1 Å². The van der Waals surface area contributed by atoms with E-state index >= 15 is 0 Å². The summed E-state index contributed by atoms with van der Waals surface area (Å²) in [5, 5.41) is 3.03. The zero-order chi connectivity index (χ0) is 18.7. The fourth-order valence-electron chi connectivity index (χ4n) is 2.21. The Morgan fingerprint density at radius 2 is 2.00 bits per heavy atom. The molecule has 4 nitrogen and oxygen atoms in total. The number of carbonyl (C=O) groups excluding carboxylic acids is 1. The zero-order valence-corrected chi connectivity index (χ0v) is 15.5. The van der Waals surface area contributed by atoms with Crippen LogP contribution in [0.1, 0.15) is 26.4 Å². The minimum Gasteiger partial charge on any atom is -0.298 e. The third-order valence-electron chi connectivity index (χ3n) is 3.37. The molecule has 1 aromatic carbocycles. The molecule has 26 heavy (non-hydrogen) atoms. The van der Waals surface area contributed by atoms with Gasteiger partial charge in [0.05, 0.1) is 11.1 Å². The molecule has 0 aliphatic rings. The van der Waals surface area contributed by atoms with Gasteiger partial charge in [-0.1, -0.05) is 18.2 Å². The van der Waals surface area contributed by atoms with E-state index in [1.165, 1.54) is 23.6 Å². The summed E-state index contributed by atoms with van der Waals surface area (Å²) in [7, 11) is 0. The average Bonchev–Trinajstić information content (AvgIpc) is 3.01. The molecule has 3 aromatic rings. The van der Waals surface area contributed by atoms with E-state index in [0.717, 1.165) is 17.0 Å². The summed E-state index contributed by atoms with van der Waals surface area (Å²) < 4.78 is 39.0. The van der Waals surface area contributed by atoms with Crippen molar-refractivity contribution in [3.05, 3.63) is 75.0 Å². The predicted octanol–water partition coefficient (Wildman–Crippen LogP) is 5.16. The van der Waals surface area contributed by atoms with Crippen molar-refractivity contribution in [1.82, 2.24) is 9.97 Å². The molecule has 0 unspecified atom stereocenters. The summed E-state index contributed by atoms with van der Waals surface area (Å²) >= 11 is 4.45. The number of aromatic nitrogens is 2. The van der Waals surface area contributed by atoms with E-state index in [1.807, 2.05) is 0 Å². The molecule has 1 amide bonds. The monoisotopic (exact) mass is 441 g/mol. The number of carbonyl (C=O) groups is 1. The lowest BCUT2D eigenvalue weighted by molar-refractivity contribution is -0.137. The first-order valence-corrected chi connectivity index (χ1v) is 8.95. The Balaban J connectivity index is 1.70. The highest BCUT2D eigenvalue weighted by Gasteiger charge is 2.30. The van der Waals surface area contributed by atoms with Crippen LogP contribution in [-0.2, 0) is 12.6 Å². The number of halogens is 4. The van der Waals surface area contributed by atoms with Crippen LogP contribution in [0.4, 0.5) is 18.3 Å². The third-order valence-corrected chi connectivity index (χ3v) is 4.72. The van der Waals surface area contributed by atoms with Crippen LogP contribution >= 0.6 is 27.3 Å². The quantitative estimate of drug-likeness (QED) is 0.607. The first kappa shape index (κ1) is 18.5. The number of hydrogen-bond acceptors (Lipinski definition) is 4. The Hall–Kier alpha value is -2.26. The number of pyridine rings is 1. The van der Waals surface area contributed by atoms with Gasteiger partial charge in [-0.15, -0.1) is 11.3 Å². The van der Waals surface area contributed by atoms with Crippen molar-refractivity contribution >= 4 is 38.3 Å². The molecule has 2 heterocycles. The fourth-order valence-corrected chi connectivity index (χ4v) is 3.42. The van der Waals surface area contributed by atoms with Gasteiger partial charge in [-0.05, 0) is 33.6 Å². The lowest BCUT2D eigenvalue weighted by Gasteiger charge is -2.07. The minimum absolute atomic E-state index is 0.301. The molecule has 0 aliphatic carbocycles. The molecule has 0 atom stereocenters. The second-order valence-electron chi connectivity index (χ2n) is 5.35. The van der Waals surface area contributed by atoms with Crippen LogP contribution in [-0.4, -0.2) is 15.9 Å². The van der Waals surface area contributed by atoms with Gasteiger partial charge < -0.3 is 0 Å². The molecule has 9 heteroatoms. The summed E-state index contributed by atoms with van der Waals surface area (Å²) in [4.78, 5) is 20.9. The standard InChI is InChI=1S/C17H11BrF3N3OS/c18-13-6-11(7-22-8-13)15(25)24-16-23-9-14(26-16)5-10-2-1-3-12(4-10)17(19,20)21/h1-4,6-9H,5H2,(H,23,24,25). The number of hydrogen-bond donors (Lipinski definition) is 1. The first-order valence-electron chi connectivity index (χ1n) is 7.34. The van der Waals surface area contributed by atoms with Crippen LogP contribution in [0, 0.1) is 0 Å². The number of amides is 1. The Labute approximate surface area is 159 Å². The number of rotatable bonds is 4. The molecule has 0 aliphatic heterocycles. The minimum atomic E-state index is -4.37. The molecule has 0 fully saturated rings. The van der Waals surface area contributed by atoms with Gasteiger partial charge >= 0.3 is 6.18 Å². The van der Waals surface area contributed by atoms with Crippen LogP contribution in [0.15, 0.2) is 53.4 Å². The summed E-state index contributed by atoms with van der Waals surface area (Å²) in [5.74, 6) is -0.362. The maximum Gasteiger partial charge on any atom is 0.416 e. The maximum absolute atomic E-state index is 12.8. The molecular formula is C17H11BrF3N3OS. The summed E-state index contributed by atoms with van der Waals surface area (Å²) in [5.41, 5.74) is 0.210. The van der Waals surface area contributed by atoms with E-state index in [9.17, 15) is 18.0 Å². The lowest BCUT2D eigenvalue weighted by Crippen LogP contribution is -2.11. The van der Waals surface area contributed by atoms with Crippen LogP contribution in [0.25, 0.3) is 0 Å². The molecule has 1 N–H and O–H groups in total. The highest BCUT2D eigenvalue weighted by molar-refractivity contribution is 9.10. The number of nitrogens with zero attached hydrogens (tertiary/aromatic N) is 2. The molecule has 0 radical (unpaired) electrons. The Morgan fingerprint density at radius 3 is 2.73 bits per heavy atom. The summed E-state index contributed by atoms with van der Waals surface area (Å²) in [6.45, 7) is 0. The van der Waals surface area contributed by atoms with E-state index in [1.54, 1.807) is 24.5 Å². The number of alkyl halides is 3. The number of nitrogens with one attached hydrogen (secondary N) is 1. The maximum atomic E-state index is 12.8. The van der Waals surface area contributed by atoms with Gasteiger partial charge in [-0.25, -0.2) is 4.98 Å². The molecule has 0 spiro atoms. The van der Waals surface area contributed by atoms with Gasteiger partial charge in [0, 0.05) is 34.4 Å². The Bertz CT molecular complexity index is 943. The number of benzene rings is 1. The van der Waals surface area contributed by atoms with E-state index in [-0.39, 0.29) is 5.91 Å². The lowest BCUT2D eigenvalue weighted by atomic mass is 10.1. The van der Waals surface area contributed by atoms with Gasteiger partial charge in [0.2, 0.25) is 0 Å². The average molecular weight is 442 g/mol. The van der Waals surface area contributed by atoms with E-state index in [4.69, 9.17) is 0 Å². The second-order valence-corrected chi connectivity index (χ2v) is 7.38. The molecule has 2 aromatic heterocycles. The number of thiazole rings is 1. The van der Waals surface area contributed by atoms with Crippen molar-refractivity contribution in [2.45, 2.75) is 12.6 Å². The molecule has 134 valence electrons. The Morgan fingerprint density at radius 1 is 1.19 bits per heavy atom. The van der Waals surface area contributed by atoms with Gasteiger partial charge in [0.15, 0.2) is 5.13 Å². The third kappa shape index (κ3) is 4.67. The van der Waals surface area contributed by atoms with Crippen molar-refractivity contribution < 1.29 is 18.0 Å². The van der Waals surface area contributed by atoms with Crippen molar-refractivity contribution in [3.63, 3.8) is 0 Å². The second kappa shape index (κ2) is 7.55. The van der Waals surface area contributed by atoms with E-state index in [0.29, 0.717) is 27.2 Å². The van der Waals surface area contributed by atoms with Gasteiger partial charge in [-0.2, -0.15) is 13.2 Å². The molecular weight excluding hydrogens is 431 g/mol. The highest BCUT2D eigenvalue weighted by Crippen LogP contribution is 2.30. The van der Waals surface area contributed by atoms with E-state index in [2.05, 4.69) is 31.2 Å². The number of anilines is 1. The summed E-state index contributed by atoms with van der Waals surface area (Å²) in [6.07, 6.45) is 0.459. The van der Waals surface area contributed by atoms with Crippen molar-refractivity contribution in [3.8, 4) is 0 Å². The van der Waals surface area contributed by atoms with Crippen LogP contribution < -0.4 is 5.32 Å². The van der Waals surface area contributed by atoms with E-state index < -0.39 is 11.7 Å². The van der Waals surface area contributed by atoms with Crippen molar-refractivity contribution in [2.24, 2.45) is 0 Å². The molecule has 0 bridgehead atoms. The molecule has 3 rings (SSSR count). The molecule has 0 saturated carbocycles. The first-order chi connectivity index (χ1) is 12.3. The van der Waals surface area contributed by atoms with Crippen LogP contribution in [0.2, 0.25) is 0 Å². The van der Waals surface area contributed by atoms with Crippen LogP contribution in [0.5, 0.6) is 0 Å². The largest absolute Gasteiger partial charge is 0.416 e. The zero-order valence-electron chi connectivity index (χ0n) is 13.0. The highest BCUT2D eigenvalue weighted by atomic mass is 79.9. The SMILES string of the molecule is O=C(Nc1ncc(Cc2cccc(C(F)(F)F)c2)s1)c1cncc(Br)c1. The smallest absolute Gasteiger partial charge is 0.298 e. The fraction of sp³-hybridized carbons (Fsp3) is 0.118.